The van der Waals surface area contributed by atoms with Crippen molar-refractivity contribution < 1.29 is 21.9 Å². The van der Waals surface area contributed by atoms with Gasteiger partial charge in [-0.05, 0) is 24.3 Å². The van der Waals surface area contributed by atoms with Crippen LogP contribution in [0.2, 0.25) is 5.02 Å². The summed E-state index contributed by atoms with van der Waals surface area (Å²) in [5, 5.41) is 3.82. The molecular weight excluding hydrogens is 273 g/mol. The summed E-state index contributed by atoms with van der Waals surface area (Å²) in [5.41, 5.74) is 0. The van der Waals surface area contributed by atoms with Gasteiger partial charge in [-0.25, -0.2) is 0 Å². The SMILES string of the molecule is COCCNCC#CCOc1ccc(Cl)cc1.[Cl-]. The summed E-state index contributed by atoms with van der Waals surface area (Å²) in [6.45, 7) is 2.53. The van der Waals surface area contributed by atoms with Crippen molar-refractivity contribution in [3.63, 3.8) is 0 Å². The highest BCUT2D eigenvalue weighted by atomic mass is 35.5. The molecule has 0 aromatic heterocycles. The van der Waals surface area contributed by atoms with Crippen molar-refractivity contribution in [1.82, 2.24) is 5.32 Å². The van der Waals surface area contributed by atoms with Crippen LogP contribution in [0, 0.1) is 11.8 Å². The lowest BCUT2D eigenvalue weighted by Gasteiger charge is -2.01. The summed E-state index contributed by atoms with van der Waals surface area (Å²) in [4.78, 5) is 0. The molecule has 3 nitrogen and oxygen atoms in total. The van der Waals surface area contributed by atoms with Gasteiger partial charge in [0.15, 0.2) is 0 Å². The summed E-state index contributed by atoms with van der Waals surface area (Å²) >= 11 is 5.75. The molecule has 0 aliphatic rings. The second kappa shape index (κ2) is 11.2. The van der Waals surface area contributed by atoms with Gasteiger partial charge in [0, 0.05) is 18.7 Å². The molecule has 1 aromatic carbocycles. The smallest absolute Gasteiger partial charge is 0.149 e. The van der Waals surface area contributed by atoms with Gasteiger partial charge >= 0.3 is 0 Å². The molecule has 0 bridgehead atoms. The standard InChI is InChI=1S/C13H16ClNO2.ClH/c1-16-11-9-15-8-2-3-10-17-13-6-4-12(14)5-7-13;/h4-7,15H,8-11H2,1H3;1H/p-1. The van der Waals surface area contributed by atoms with E-state index in [9.17, 15) is 0 Å². The van der Waals surface area contributed by atoms with Crippen LogP contribution in [0.4, 0.5) is 0 Å². The molecule has 0 aliphatic heterocycles. The Labute approximate surface area is 119 Å². The van der Waals surface area contributed by atoms with E-state index in [2.05, 4.69) is 17.2 Å². The van der Waals surface area contributed by atoms with Crippen LogP contribution in [0.3, 0.4) is 0 Å². The molecule has 5 heteroatoms. The lowest BCUT2D eigenvalue weighted by atomic mass is 10.3. The predicted octanol–water partition coefficient (Wildman–Crippen LogP) is -1.04. The second-order valence-corrected chi connectivity index (χ2v) is 3.70. The minimum absolute atomic E-state index is 0. The van der Waals surface area contributed by atoms with Crippen molar-refractivity contribution in [2.45, 2.75) is 0 Å². The highest BCUT2D eigenvalue weighted by molar-refractivity contribution is 6.30. The van der Waals surface area contributed by atoms with E-state index in [1.54, 1.807) is 19.2 Å². The molecule has 100 valence electrons. The minimum Gasteiger partial charge on any atom is -1.00 e. The Balaban J connectivity index is 0.00000289. The van der Waals surface area contributed by atoms with E-state index in [1.807, 2.05) is 12.1 Å². The van der Waals surface area contributed by atoms with Crippen LogP contribution in [-0.4, -0.2) is 33.4 Å². The Hall–Kier alpha value is -0.920. The Morgan fingerprint density at radius 2 is 1.94 bits per heavy atom. The monoisotopic (exact) mass is 288 g/mol. The molecule has 0 fully saturated rings. The molecule has 18 heavy (non-hydrogen) atoms. The van der Waals surface area contributed by atoms with Gasteiger partial charge in [0.05, 0.1) is 13.2 Å². The molecular formula is C13H16Cl2NO2-. The molecule has 0 atom stereocenters. The van der Waals surface area contributed by atoms with Gasteiger partial charge in [-0.2, -0.15) is 0 Å². The van der Waals surface area contributed by atoms with E-state index < -0.39 is 0 Å². The largest absolute Gasteiger partial charge is 1.00 e. The van der Waals surface area contributed by atoms with E-state index >= 15 is 0 Å². The van der Waals surface area contributed by atoms with Crippen molar-refractivity contribution in [3.8, 4) is 17.6 Å². The van der Waals surface area contributed by atoms with Gasteiger partial charge in [-0.3, -0.25) is 0 Å². The van der Waals surface area contributed by atoms with Gasteiger partial charge in [0.2, 0.25) is 0 Å². The Kier molecular flexibility index (Phi) is 10.6. The molecule has 1 rings (SSSR count). The average molecular weight is 289 g/mol. The average Bonchev–Trinajstić information content (AvgIpc) is 2.35. The first-order chi connectivity index (χ1) is 8.33. The van der Waals surface area contributed by atoms with Crippen molar-refractivity contribution in [2.75, 3.05) is 33.4 Å². The number of rotatable bonds is 6. The molecule has 0 unspecified atom stereocenters. The van der Waals surface area contributed by atoms with Crippen LogP contribution in [0.25, 0.3) is 0 Å². The maximum absolute atomic E-state index is 5.75. The van der Waals surface area contributed by atoms with E-state index in [0.717, 1.165) is 12.3 Å². The molecule has 0 radical (unpaired) electrons. The van der Waals surface area contributed by atoms with Gasteiger partial charge in [0.25, 0.3) is 0 Å². The number of hydrogen-bond donors (Lipinski definition) is 1. The van der Waals surface area contributed by atoms with E-state index in [1.165, 1.54) is 0 Å². The molecule has 0 amide bonds. The van der Waals surface area contributed by atoms with Crippen LogP contribution in [0.15, 0.2) is 24.3 Å². The molecule has 0 saturated carbocycles. The fourth-order valence-electron chi connectivity index (χ4n) is 1.09. The van der Waals surface area contributed by atoms with Gasteiger partial charge < -0.3 is 27.2 Å². The van der Waals surface area contributed by atoms with Gasteiger partial charge in [-0.1, -0.05) is 23.4 Å². The quantitative estimate of drug-likeness (QED) is 0.536. The number of ether oxygens (including phenoxy) is 2. The van der Waals surface area contributed by atoms with Crippen molar-refractivity contribution in [1.29, 1.82) is 0 Å². The number of benzene rings is 1. The molecule has 1 N–H and O–H groups in total. The van der Waals surface area contributed by atoms with E-state index in [4.69, 9.17) is 21.1 Å². The fraction of sp³-hybridized carbons (Fsp3) is 0.385. The number of nitrogens with one attached hydrogen (secondary N) is 1. The second-order valence-electron chi connectivity index (χ2n) is 3.27. The lowest BCUT2D eigenvalue weighted by Crippen LogP contribution is -3.00. The lowest BCUT2D eigenvalue weighted by molar-refractivity contribution is -0.00000415. The summed E-state index contributed by atoms with van der Waals surface area (Å²) in [7, 11) is 1.67. The normalized spacial score (nSPS) is 9.00. The summed E-state index contributed by atoms with van der Waals surface area (Å²) in [6.07, 6.45) is 0. The fourth-order valence-corrected chi connectivity index (χ4v) is 1.21. The van der Waals surface area contributed by atoms with Crippen molar-refractivity contribution >= 4 is 11.6 Å². The van der Waals surface area contributed by atoms with Crippen molar-refractivity contribution in [2.24, 2.45) is 0 Å². The van der Waals surface area contributed by atoms with E-state index in [-0.39, 0.29) is 12.4 Å². The van der Waals surface area contributed by atoms with E-state index in [0.29, 0.717) is 24.8 Å². The molecule has 0 spiro atoms. The van der Waals surface area contributed by atoms with Crippen molar-refractivity contribution in [3.05, 3.63) is 29.3 Å². The Morgan fingerprint density at radius 1 is 1.22 bits per heavy atom. The highest BCUT2D eigenvalue weighted by Gasteiger charge is 1.90. The van der Waals surface area contributed by atoms with Crippen LogP contribution in [-0.2, 0) is 4.74 Å². The van der Waals surface area contributed by atoms with Crippen LogP contribution < -0.4 is 22.5 Å². The third-order valence-electron chi connectivity index (χ3n) is 1.95. The van der Waals surface area contributed by atoms with Crippen LogP contribution >= 0.6 is 11.6 Å². The predicted molar refractivity (Wildman–Crippen MR) is 69.5 cm³/mol. The molecule has 0 heterocycles. The first-order valence-corrected chi connectivity index (χ1v) is 5.74. The number of hydrogen-bond acceptors (Lipinski definition) is 3. The summed E-state index contributed by atoms with van der Waals surface area (Å²) < 4.78 is 10.3. The zero-order chi connectivity index (χ0) is 12.3. The Bertz CT molecular complexity index is 371. The summed E-state index contributed by atoms with van der Waals surface area (Å²) in [5.74, 6) is 6.65. The molecule has 1 aromatic rings. The minimum atomic E-state index is 0. The van der Waals surface area contributed by atoms with Crippen LogP contribution in [0.5, 0.6) is 5.75 Å². The van der Waals surface area contributed by atoms with Crippen LogP contribution in [0.1, 0.15) is 0 Å². The molecule has 0 saturated heterocycles. The number of halogens is 2. The maximum Gasteiger partial charge on any atom is 0.149 e. The Morgan fingerprint density at radius 3 is 2.61 bits per heavy atom. The van der Waals surface area contributed by atoms with Gasteiger partial charge in [-0.15, -0.1) is 0 Å². The number of methoxy groups -OCH3 is 1. The van der Waals surface area contributed by atoms with Gasteiger partial charge in [0.1, 0.15) is 12.4 Å². The third-order valence-corrected chi connectivity index (χ3v) is 2.20. The topological polar surface area (TPSA) is 30.5 Å². The first kappa shape index (κ1) is 17.1. The first-order valence-electron chi connectivity index (χ1n) is 5.36. The zero-order valence-electron chi connectivity index (χ0n) is 10.2. The summed E-state index contributed by atoms with van der Waals surface area (Å²) in [6, 6.07) is 7.22. The maximum atomic E-state index is 5.75. The molecule has 0 aliphatic carbocycles. The zero-order valence-corrected chi connectivity index (χ0v) is 11.7. The third kappa shape index (κ3) is 8.21. The highest BCUT2D eigenvalue weighted by Crippen LogP contribution is 2.14.